The van der Waals surface area contributed by atoms with Crippen LogP contribution >= 0.6 is 24.8 Å². The number of nitrogens with one attached hydrogen (secondary N) is 1. The number of hydrogen-bond acceptors (Lipinski definition) is 4. The second kappa shape index (κ2) is 9.51. The van der Waals surface area contributed by atoms with Crippen molar-refractivity contribution in [1.82, 2.24) is 20.0 Å². The van der Waals surface area contributed by atoms with Crippen molar-refractivity contribution in [2.75, 3.05) is 19.6 Å². The summed E-state index contributed by atoms with van der Waals surface area (Å²) >= 11 is 0. The quantitative estimate of drug-likeness (QED) is 0.807. The number of likely N-dealkylation sites (tertiary alicyclic amines) is 1. The number of fused-ring (bicyclic) bond motifs is 1. The number of halogens is 2. The van der Waals surface area contributed by atoms with Gasteiger partial charge in [0.25, 0.3) is 0 Å². The molecule has 5 nitrogen and oxygen atoms in total. The lowest BCUT2D eigenvalue weighted by Gasteiger charge is -2.30. The van der Waals surface area contributed by atoms with Crippen LogP contribution in [0, 0.1) is 5.92 Å². The summed E-state index contributed by atoms with van der Waals surface area (Å²) in [4.78, 5) is 15.0. The minimum Gasteiger partial charge on any atom is -0.309 e. The molecule has 3 heterocycles. The number of aromatic nitrogens is 2. The number of carbonyl (C=O) groups excluding carboxylic acids is 1. The van der Waals surface area contributed by atoms with Crippen LogP contribution in [0.3, 0.4) is 0 Å². The first kappa shape index (κ1) is 20.9. The van der Waals surface area contributed by atoms with Crippen molar-refractivity contribution in [3.05, 3.63) is 53.3 Å². The molecule has 1 fully saturated rings. The van der Waals surface area contributed by atoms with Gasteiger partial charge in [-0.25, -0.2) is 0 Å². The van der Waals surface area contributed by atoms with Gasteiger partial charge in [0.2, 0.25) is 0 Å². The molecule has 0 saturated carbocycles. The van der Waals surface area contributed by atoms with Gasteiger partial charge >= 0.3 is 0 Å². The van der Waals surface area contributed by atoms with Crippen molar-refractivity contribution in [1.29, 1.82) is 0 Å². The smallest absolute Gasteiger partial charge is 0.166 e. The summed E-state index contributed by atoms with van der Waals surface area (Å²) in [6, 6.07) is 11.9. The van der Waals surface area contributed by atoms with E-state index in [1.807, 2.05) is 30.3 Å². The maximum absolute atomic E-state index is 12.6. The first-order valence-electron chi connectivity index (χ1n) is 8.87. The third-order valence-corrected chi connectivity index (χ3v) is 5.12. The van der Waals surface area contributed by atoms with Gasteiger partial charge in [-0.3, -0.25) is 14.4 Å². The lowest BCUT2D eigenvalue weighted by molar-refractivity contribution is 0.0833. The van der Waals surface area contributed by atoms with E-state index in [0.29, 0.717) is 5.78 Å². The van der Waals surface area contributed by atoms with Crippen LogP contribution in [-0.2, 0) is 19.6 Å². The van der Waals surface area contributed by atoms with Gasteiger partial charge in [0.15, 0.2) is 5.78 Å². The molecule has 0 radical (unpaired) electrons. The molecule has 1 saturated heterocycles. The van der Waals surface area contributed by atoms with Crippen LogP contribution in [-0.4, -0.2) is 40.1 Å². The third-order valence-electron chi connectivity index (χ3n) is 5.12. The lowest BCUT2D eigenvalue weighted by Crippen LogP contribution is -2.36. The number of piperidine rings is 1. The molecule has 0 spiro atoms. The number of rotatable bonds is 4. The Morgan fingerprint density at radius 1 is 1.12 bits per heavy atom. The molecule has 7 heteroatoms. The molecule has 1 aromatic heterocycles. The van der Waals surface area contributed by atoms with Gasteiger partial charge in [0.1, 0.15) is 0 Å². The second-order valence-electron chi connectivity index (χ2n) is 6.81. The van der Waals surface area contributed by atoms with Crippen molar-refractivity contribution in [3.8, 4) is 0 Å². The van der Waals surface area contributed by atoms with Crippen molar-refractivity contribution >= 4 is 30.6 Å². The maximum atomic E-state index is 12.6. The number of nitrogens with zero attached hydrogens (tertiary/aromatic N) is 3. The fraction of sp³-hybridized carbons (Fsp3) is 0.474. The molecule has 2 aromatic rings. The van der Waals surface area contributed by atoms with Crippen LogP contribution < -0.4 is 5.32 Å². The van der Waals surface area contributed by atoms with E-state index >= 15 is 0 Å². The Morgan fingerprint density at radius 2 is 1.85 bits per heavy atom. The van der Waals surface area contributed by atoms with Crippen LogP contribution in [0.5, 0.6) is 0 Å². The average molecular weight is 397 g/mol. The minimum atomic E-state index is 0. The van der Waals surface area contributed by atoms with Crippen LogP contribution in [0.1, 0.15) is 34.6 Å². The van der Waals surface area contributed by atoms with Crippen molar-refractivity contribution in [2.24, 2.45) is 5.92 Å². The van der Waals surface area contributed by atoms with E-state index in [1.165, 1.54) is 5.69 Å². The van der Waals surface area contributed by atoms with E-state index in [-0.39, 0.29) is 30.7 Å². The molecule has 142 valence electrons. The van der Waals surface area contributed by atoms with Gasteiger partial charge in [0.05, 0.1) is 17.9 Å². The summed E-state index contributed by atoms with van der Waals surface area (Å²) in [5.74, 6) is 0.474. The van der Waals surface area contributed by atoms with Crippen LogP contribution in [0.15, 0.2) is 36.4 Å². The molecule has 2 aliphatic rings. The number of hydrogen-bond donors (Lipinski definition) is 1. The predicted molar refractivity (Wildman–Crippen MR) is 107 cm³/mol. The standard InChI is InChI=1S/C19H24N4O.2ClH/c24-19(15-4-2-1-3-5-15)16-6-9-22(10-7-16)14-17-12-18-13-20-8-11-23(18)21-17;;/h1-5,12,16,20H,6-11,13-14H2;2*1H. The number of carbonyl (C=O) groups is 1. The zero-order chi connectivity index (χ0) is 16.4. The highest BCUT2D eigenvalue weighted by molar-refractivity contribution is 5.97. The monoisotopic (exact) mass is 396 g/mol. The van der Waals surface area contributed by atoms with Gasteiger partial charge in [-0.1, -0.05) is 30.3 Å². The Balaban J connectivity index is 0.00000121. The van der Waals surface area contributed by atoms with E-state index in [1.54, 1.807) is 0 Å². The molecule has 1 N–H and O–H groups in total. The highest BCUT2D eigenvalue weighted by Crippen LogP contribution is 2.23. The zero-order valence-corrected chi connectivity index (χ0v) is 16.4. The average Bonchev–Trinajstić information content (AvgIpc) is 3.05. The summed E-state index contributed by atoms with van der Waals surface area (Å²) in [5, 5.41) is 8.09. The third kappa shape index (κ3) is 4.65. The summed E-state index contributed by atoms with van der Waals surface area (Å²) in [7, 11) is 0. The van der Waals surface area contributed by atoms with Gasteiger partial charge in [-0.2, -0.15) is 5.10 Å². The van der Waals surface area contributed by atoms with Crippen molar-refractivity contribution in [2.45, 2.75) is 32.5 Å². The van der Waals surface area contributed by atoms with Gasteiger partial charge in [0, 0.05) is 31.1 Å². The molecule has 1 aromatic carbocycles. The summed E-state index contributed by atoms with van der Waals surface area (Å²) in [6.45, 7) is 5.73. The molecule has 0 bridgehead atoms. The van der Waals surface area contributed by atoms with E-state index in [2.05, 4.69) is 21.0 Å². The van der Waals surface area contributed by atoms with Gasteiger partial charge in [-0.05, 0) is 32.0 Å². The number of Topliss-reactive ketones (excluding diaryl/α,β-unsaturated/α-hetero) is 1. The van der Waals surface area contributed by atoms with Crippen LogP contribution in [0.4, 0.5) is 0 Å². The van der Waals surface area contributed by atoms with Crippen molar-refractivity contribution in [3.63, 3.8) is 0 Å². The maximum Gasteiger partial charge on any atom is 0.166 e. The highest BCUT2D eigenvalue weighted by atomic mass is 35.5. The Hall–Kier alpha value is -1.40. The molecule has 4 rings (SSSR count). The molecule has 26 heavy (non-hydrogen) atoms. The number of ketones is 1. The van der Waals surface area contributed by atoms with Crippen molar-refractivity contribution < 1.29 is 4.79 Å². The highest BCUT2D eigenvalue weighted by Gasteiger charge is 2.26. The predicted octanol–water partition coefficient (Wildman–Crippen LogP) is 2.92. The van der Waals surface area contributed by atoms with Crippen LogP contribution in [0.25, 0.3) is 0 Å². The summed E-state index contributed by atoms with van der Waals surface area (Å²) in [5.41, 5.74) is 3.29. The van der Waals surface area contributed by atoms with Gasteiger partial charge < -0.3 is 5.32 Å². The summed E-state index contributed by atoms with van der Waals surface area (Å²) in [6.07, 6.45) is 1.89. The minimum absolute atomic E-state index is 0. The molecule has 0 amide bonds. The van der Waals surface area contributed by atoms with Crippen LogP contribution in [0.2, 0.25) is 0 Å². The molecule has 0 aliphatic carbocycles. The molecule has 0 atom stereocenters. The lowest BCUT2D eigenvalue weighted by atomic mass is 9.89. The number of benzene rings is 1. The second-order valence-corrected chi connectivity index (χ2v) is 6.81. The largest absolute Gasteiger partial charge is 0.309 e. The fourth-order valence-electron chi connectivity index (χ4n) is 3.75. The molecule has 0 unspecified atom stereocenters. The van der Waals surface area contributed by atoms with E-state index in [4.69, 9.17) is 5.10 Å². The summed E-state index contributed by atoms with van der Waals surface area (Å²) < 4.78 is 2.12. The molecular formula is C19H26Cl2N4O. The zero-order valence-electron chi connectivity index (χ0n) is 14.8. The SMILES string of the molecule is Cl.Cl.O=C(c1ccccc1)C1CCN(Cc2cc3n(n2)CCNC3)CC1. The molecule has 2 aliphatic heterocycles. The normalized spacial score (nSPS) is 17.7. The Morgan fingerprint density at radius 3 is 2.54 bits per heavy atom. The Bertz CT molecular complexity index is 688. The van der Waals surface area contributed by atoms with Gasteiger partial charge in [-0.15, -0.1) is 24.8 Å². The van der Waals surface area contributed by atoms with E-state index in [0.717, 1.165) is 63.4 Å². The Kier molecular flexibility index (Phi) is 7.65. The first-order valence-corrected chi connectivity index (χ1v) is 8.87. The fourth-order valence-corrected chi connectivity index (χ4v) is 3.75. The van der Waals surface area contributed by atoms with E-state index in [9.17, 15) is 4.79 Å². The van der Waals surface area contributed by atoms with E-state index < -0.39 is 0 Å². The Labute approximate surface area is 167 Å². The first-order chi connectivity index (χ1) is 11.8. The topological polar surface area (TPSA) is 50.2 Å². The molecular weight excluding hydrogens is 371 g/mol.